The number of aromatic nitrogens is 2. The minimum Gasteiger partial charge on any atom is -0.489 e. The molecule has 89 valence electrons. The summed E-state index contributed by atoms with van der Waals surface area (Å²) in [5.41, 5.74) is 1.64. The summed E-state index contributed by atoms with van der Waals surface area (Å²) in [5.74, 6) is 1.89. The van der Waals surface area contributed by atoms with Crippen molar-refractivity contribution in [2.24, 2.45) is 0 Å². The molecule has 3 aromatic rings. The van der Waals surface area contributed by atoms with E-state index in [1.807, 2.05) is 12.1 Å². The molecule has 0 spiro atoms. The third kappa shape index (κ3) is 1.75. The molecule has 0 aliphatic rings. The van der Waals surface area contributed by atoms with E-state index in [0.29, 0.717) is 17.3 Å². The zero-order valence-corrected chi connectivity index (χ0v) is 9.37. The van der Waals surface area contributed by atoms with Crippen LogP contribution in [0.3, 0.4) is 0 Å². The highest BCUT2D eigenvalue weighted by Crippen LogP contribution is 2.34. The third-order valence-corrected chi connectivity index (χ3v) is 2.56. The molecule has 3 rings (SSSR count). The molecular formula is C13H9N2O3. The van der Waals surface area contributed by atoms with Gasteiger partial charge in [-0.25, -0.2) is 0 Å². The molecule has 5 nitrogen and oxygen atoms in total. The SMILES string of the molecule is [CH2]Oc1ccc(-c2ccno2)cc1-c1ccno1. The molecule has 0 amide bonds. The molecule has 5 heteroatoms. The first kappa shape index (κ1) is 10.6. The van der Waals surface area contributed by atoms with Gasteiger partial charge in [-0.2, -0.15) is 0 Å². The summed E-state index contributed by atoms with van der Waals surface area (Å²) in [5, 5.41) is 7.36. The Kier molecular flexibility index (Phi) is 2.57. The largest absolute Gasteiger partial charge is 0.489 e. The fourth-order valence-electron chi connectivity index (χ4n) is 1.72. The molecule has 0 aliphatic heterocycles. The second-order valence-corrected chi connectivity index (χ2v) is 3.61. The standard InChI is InChI=1S/C13H9N2O3/c1-16-12-3-2-9(11-4-6-14-17-11)8-10(12)13-5-7-15-18-13/h2-8H,1H2. The Labute approximate surface area is 103 Å². The monoisotopic (exact) mass is 241 g/mol. The van der Waals surface area contributed by atoms with Crippen LogP contribution >= 0.6 is 0 Å². The second kappa shape index (κ2) is 4.37. The molecule has 0 atom stereocenters. The number of benzene rings is 1. The van der Waals surface area contributed by atoms with Crippen LogP contribution in [0.15, 0.2) is 51.8 Å². The van der Waals surface area contributed by atoms with Gasteiger partial charge in [-0.05, 0) is 18.2 Å². The highest BCUT2D eigenvalue weighted by molar-refractivity contribution is 5.73. The topological polar surface area (TPSA) is 61.3 Å². The van der Waals surface area contributed by atoms with Gasteiger partial charge >= 0.3 is 0 Å². The molecule has 0 bridgehead atoms. The van der Waals surface area contributed by atoms with Gasteiger partial charge in [0, 0.05) is 17.7 Å². The van der Waals surface area contributed by atoms with Gasteiger partial charge in [-0.15, -0.1) is 0 Å². The van der Waals surface area contributed by atoms with Crippen molar-refractivity contribution in [2.45, 2.75) is 0 Å². The van der Waals surface area contributed by atoms with Crippen LogP contribution in [-0.4, -0.2) is 10.3 Å². The van der Waals surface area contributed by atoms with Crippen molar-refractivity contribution >= 4 is 0 Å². The molecule has 0 fully saturated rings. The highest BCUT2D eigenvalue weighted by Gasteiger charge is 2.12. The van der Waals surface area contributed by atoms with Gasteiger partial charge in [0.2, 0.25) is 0 Å². The van der Waals surface area contributed by atoms with E-state index in [0.717, 1.165) is 11.1 Å². The van der Waals surface area contributed by atoms with Crippen LogP contribution in [0.4, 0.5) is 0 Å². The summed E-state index contributed by atoms with van der Waals surface area (Å²) in [7, 11) is 3.42. The molecule has 2 heterocycles. The summed E-state index contributed by atoms with van der Waals surface area (Å²) in [4.78, 5) is 0. The number of nitrogens with zero attached hydrogens (tertiary/aromatic N) is 2. The lowest BCUT2D eigenvalue weighted by molar-refractivity contribution is 0.425. The van der Waals surface area contributed by atoms with Crippen molar-refractivity contribution in [3.05, 3.63) is 49.8 Å². The van der Waals surface area contributed by atoms with Crippen LogP contribution in [0.25, 0.3) is 22.6 Å². The van der Waals surface area contributed by atoms with E-state index in [4.69, 9.17) is 13.8 Å². The molecule has 2 aromatic heterocycles. The van der Waals surface area contributed by atoms with Crippen molar-refractivity contribution in [2.75, 3.05) is 0 Å². The minimum absolute atomic E-state index is 0.606. The molecule has 0 aliphatic carbocycles. The molecular weight excluding hydrogens is 232 g/mol. The van der Waals surface area contributed by atoms with E-state index in [9.17, 15) is 0 Å². The van der Waals surface area contributed by atoms with Gasteiger partial charge in [-0.3, -0.25) is 0 Å². The summed E-state index contributed by atoms with van der Waals surface area (Å²) in [6.07, 6.45) is 3.17. The minimum atomic E-state index is 0.606. The Morgan fingerprint density at radius 1 is 0.944 bits per heavy atom. The zero-order chi connectivity index (χ0) is 12.4. The van der Waals surface area contributed by atoms with Gasteiger partial charge in [-0.1, -0.05) is 10.3 Å². The average molecular weight is 241 g/mol. The van der Waals surface area contributed by atoms with Crippen LogP contribution in [-0.2, 0) is 0 Å². The first-order valence-corrected chi connectivity index (χ1v) is 5.26. The van der Waals surface area contributed by atoms with Crippen molar-refractivity contribution in [3.8, 4) is 28.4 Å². The lowest BCUT2D eigenvalue weighted by Crippen LogP contribution is -1.86. The first-order valence-electron chi connectivity index (χ1n) is 5.26. The smallest absolute Gasteiger partial charge is 0.170 e. The first-order chi connectivity index (χ1) is 8.88. The highest BCUT2D eigenvalue weighted by atomic mass is 16.5. The van der Waals surface area contributed by atoms with Crippen LogP contribution < -0.4 is 4.74 Å². The van der Waals surface area contributed by atoms with Crippen molar-refractivity contribution < 1.29 is 13.8 Å². The second-order valence-electron chi connectivity index (χ2n) is 3.61. The third-order valence-electron chi connectivity index (χ3n) is 2.56. The molecule has 1 aromatic carbocycles. The summed E-state index contributed by atoms with van der Waals surface area (Å²) in [6.45, 7) is 0. The van der Waals surface area contributed by atoms with E-state index in [1.165, 1.54) is 0 Å². The lowest BCUT2D eigenvalue weighted by atomic mass is 10.1. The Morgan fingerprint density at radius 2 is 1.67 bits per heavy atom. The van der Waals surface area contributed by atoms with Gasteiger partial charge < -0.3 is 13.8 Å². The Morgan fingerprint density at radius 3 is 2.28 bits per heavy atom. The van der Waals surface area contributed by atoms with Crippen LogP contribution in [0.2, 0.25) is 0 Å². The van der Waals surface area contributed by atoms with E-state index in [2.05, 4.69) is 17.4 Å². The summed E-state index contributed by atoms with van der Waals surface area (Å²) in [6, 6.07) is 9.07. The Hall–Kier alpha value is -2.56. The quantitative estimate of drug-likeness (QED) is 0.704. The average Bonchev–Trinajstić information content (AvgIpc) is 3.11. The predicted molar refractivity (Wildman–Crippen MR) is 63.4 cm³/mol. The lowest BCUT2D eigenvalue weighted by Gasteiger charge is -2.06. The fraction of sp³-hybridized carbons (Fsp3) is 0. The number of hydrogen-bond donors (Lipinski definition) is 0. The van der Waals surface area contributed by atoms with E-state index < -0.39 is 0 Å². The van der Waals surface area contributed by atoms with Crippen molar-refractivity contribution in [1.29, 1.82) is 0 Å². The fourth-order valence-corrected chi connectivity index (χ4v) is 1.72. The van der Waals surface area contributed by atoms with Gasteiger partial charge in [0.1, 0.15) is 12.9 Å². The molecule has 0 unspecified atom stereocenters. The number of ether oxygens (including phenoxy) is 1. The van der Waals surface area contributed by atoms with Crippen molar-refractivity contribution in [1.82, 2.24) is 10.3 Å². The van der Waals surface area contributed by atoms with Gasteiger partial charge in [0.05, 0.1) is 18.0 Å². The molecule has 0 saturated carbocycles. The van der Waals surface area contributed by atoms with Crippen LogP contribution in [0.5, 0.6) is 5.75 Å². The predicted octanol–water partition coefficient (Wildman–Crippen LogP) is 3.17. The summed E-state index contributed by atoms with van der Waals surface area (Å²) >= 11 is 0. The molecule has 1 radical (unpaired) electrons. The summed E-state index contributed by atoms with van der Waals surface area (Å²) < 4.78 is 15.3. The maximum absolute atomic E-state index is 5.13. The Bertz CT molecular complexity index is 630. The molecule has 0 N–H and O–H groups in total. The number of rotatable bonds is 3. The number of hydrogen-bond acceptors (Lipinski definition) is 5. The van der Waals surface area contributed by atoms with E-state index in [1.54, 1.807) is 30.6 Å². The van der Waals surface area contributed by atoms with Crippen LogP contribution in [0.1, 0.15) is 0 Å². The van der Waals surface area contributed by atoms with Crippen molar-refractivity contribution in [3.63, 3.8) is 0 Å². The maximum Gasteiger partial charge on any atom is 0.170 e. The van der Waals surface area contributed by atoms with Gasteiger partial charge in [0.15, 0.2) is 11.5 Å². The zero-order valence-electron chi connectivity index (χ0n) is 9.37. The van der Waals surface area contributed by atoms with E-state index >= 15 is 0 Å². The normalized spacial score (nSPS) is 10.5. The van der Waals surface area contributed by atoms with E-state index in [-0.39, 0.29) is 0 Å². The van der Waals surface area contributed by atoms with Crippen LogP contribution in [0, 0.1) is 7.11 Å². The maximum atomic E-state index is 5.13. The molecule has 18 heavy (non-hydrogen) atoms. The van der Waals surface area contributed by atoms with Gasteiger partial charge in [0.25, 0.3) is 0 Å². The molecule has 0 saturated heterocycles. The Balaban J connectivity index is 2.14.